The molecule has 0 atom stereocenters. The predicted molar refractivity (Wildman–Crippen MR) is 95.6 cm³/mol. The van der Waals surface area contributed by atoms with Gasteiger partial charge < -0.3 is 4.90 Å². The number of amides is 1. The number of piperazine rings is 1. The minimum atomic E-state index is 0.279. The van der Waals surface area contributed by atoms with Gasteiger partial charge in [0.2, 0.25) is 5.91 Å². The molecular weight excluding hydrogens is 298 g/mol. The first-order valence-corrected chi connectivity index (χ1v) is 8.66. The molecule has 1 amide bonds. The Bertz CT molecular complexity index is 664. The van der Waals surface area contributed by atoms with Crippen molar-refractivity contribution in [1.82, 2.24) is 14.8 Å². The highest BCUT2D eigenvalue weighted by molar-refractivity contribution is 5.76. The number of aromatic nitrogens is 1. The quantitative estimate of drug-likeness (QED) is 0.849. The van der Waals surface area contributed by atoms with Gasteiger partial charge in [-0.15, -0.1) is 0 Å². The van der Waals surface area contributed by atoms with Crippen LogP contribution in [-0.4, -0.2) is 46.9 Å². The van der Waals surface area contributed by atoms with Gasteiger partial charge in [0.1, 0.15) is 0 Å². The molecule has 1 aliphatic heterocycles. The maximum Gasteiger partial charge on any atom is 0.222 e. The van der Waals surface area contributed by atoms with Gasteiger partial charge in [-0.3, -0.25) is 14.7 Å². The van der Waals surface area contributed by atoms with E-state index in [9.17, 15) is 4.79 Å². The number of carbonyl (C=O) groups is 1. The molecule has 0 saturated carbocycles. The molecule has 2 heterocycles. The van der Waals surface area contributed by atoms with Gasteiger partial charge in [0, 0.05) is 51.5 Å². The van der Waals surface area contributed by atoms with Gasteiger partial charge in [-0.05, 0) is 42.2 Å². The molecule has 4 heteroatoms. The van der Waals surface area contributed by atoms with E-state index in [1.54, 1.807) is 0 Å². The fourth-order valence-corrected chi connectivity index (χ4v) is 3.19. The lowest BCUT2D eigenvalue weighted by Crippen LogP contribution is -2.48. The number of carbonyl (C=O) groups excluding carboxylic acids is 1. The standard InChI is InChI=1S/C20H25N3O/c1-17-4-2-3-5-19(17)6-7-20(24)23-14-12-22(13-15-23)16-18-8-10-21-11-9-18/h2-5,8-11H,6-7,12-16H2,1H3. The average Bonchev–Trinajstić information content (AvgIpc) is 2.62. The minimum absolute atomic E-state index is 0.279. The van der Waals surface area contributed by atoms with Gasteiger partial charge in [0.05, 0.1) is 0 Å². The Kier molecular flexibility index (Phi) is 5.59. The summed E-state index contributed by atoms with van der Waals surface area (Å²) in [5.41, 5.74) is 3.83. The molecule has 0 unspecified atom stereocenters. The summed E-state index contributed by atoms with van der Waals surface area (Å²) in [6.07, 6.45) is 5.11. The smallest absolute Gasteiger partial charge is 0.222 e. The highest BCUT2D eigenvalue weighted by Gasteiger charge is 2.20. The Morgan fingerprint density at radius 3 is 2.46 bits per heavy atom. The van der Waals surface area contributed by atoms with Crippen LogP contribution in [0, 0.1) is 6.92 Å². The maximum absolute atomic E-state index is 12.4. The van der Waals surface area contributed by atoms with Gasteiger partial charge in [-0.1, -0.05) is 24.3 Å². The number of benzene rings is 1. The van der Waals surface area contributed by atoms with Crippen LogP contribution in [-0.2, 0) is 17.8 Å². The van der Waals surface area contributed by atoms with E-state index in [-0.39, 0.29) is 5.91 Å². The van der Waals surface area contributed by atoms with E-state index >= 15 is 0 Å². The van der Waals surface area contributed by atoms with Crippen LogP contribution in [0.3, 0.4) is 0 Å². The van der Waals surface area contributed by atoms with E-state index < -0.39 is 0 Å². The molecule has 0 radical (unpaired) electrons. The zero-order chi connectivity index (χ0) is 16.8. The van der Waals surface area contributed by atoms with E-state index in [2.05, 4.69) is 41.1 Å². The number of hydrogen-bond donors (Lipinski definition) is 0. The van der Waals surface area contributed by atoms with E-state index in [4.69, 9.17) is 0 Å². The van der Waals surface area contributed by atoms with Crippen LogP contribution in [0.2, 0.25) is 0 Å². The van der Waals surface area contributed by atoms with Crippen molar-refractivity contribution in [3.8, 4) is 0 Å². The largest absolute Gasteiger partial charge is 0.340 e. The summed E-state index contributed by atoms with van der Waals surface area (Å²) in [5, 5.41) is 0. The van der Waals surface area contributed by atoms with Gasteiger partial charge >= 0.3 is 0 Å². The van der Waals surface area contributed by atoms with Crippen LogP contribution in [0.4, 0.5) is 0 Å². The van der Waals surface area contributed by atoms with E-state index in [0.29, 0.717) is 6.42 Å². The predicted octanol–water partition coefficient (Wildman–Crippen LogP) is 2.67. The van der Waals surface area contributed by atoms with Crippen LogP contribution >= 0.6 is 0 Å². The SMILES string of the molecule is Cc1ccccc1CCC(=O)N1CCN(Cc2ccncc2)CC1. The van der Waals surface area contributed by atoms with Crippen molar-refractivity contribution in [3.05, 3.63) is 65.5 Å². The van der Waals surface area contributed by atoms with Gasteiger partial charge in [-0.25, -0.2) is 0 Å². The first kappa shape index (κ1) is 16.7. The number of rotatable bonds is 5. The number of pyridine rings is 1. The minimum Gasteiger partial charge on any atom is -0.340 e. The Morgan fingerprint density at radius 1 is 1.04 bits per heavy atom. The van der Waals surface area contributed by atoms with E-state index in [1.807, 2.05) is 29.4 Å². The summed E-state index contributed by atoms with van der Waals surface area (Å²) in [6, 6.07) is 12.4. The lowest BCUT2D eigenvalue weighted by molar-refractivity contribution is -0.133. The summed E-state index contributed by atoms with van der Waals surface area (Å²) < 4.78 is 0. The molecule has 1 saturated heterocycles. The second kappa shape index (κ2) is 8.06. The van der Waals surface area contributed by atoms with Crippen molar-refractivity contribution in [3.63, 3.8) is 0 Å². The van der Waals surface area contributed by atoms with E-state index in [0.717, 1.165) is 39.1 Å². The fourth-order valence-electron chi connectivity index (χ4n) is 3.19. The van der Waals surface area contributed by atoms with Crippen LogP contribution in [0.15, 0.2) is 48.8 Å². The molecule has 24 heavy (non-hydrogen) atoms. The number of hydrogen-bond acceptors (Lipinski definition) is 3. The molecular formula is C20H25N3O. The molecule has 0 spiro atoms. The average molecular weight is 323 g/mol. The second-order valence-corrected chi connectivity index (χ2v) is 6.44. The van der Waals surface area contributed by atoms with E-state index in [1.165, 1.54) is 16.7 Å². The van der Waals surface area contributed by atoms with Gasteiger partial charge in [0.25, 0.3) is 0 Å². The van der Waals surface area contributed by atoms with Crippen LogP contribution in [0.25, 0.3) is 0 Å². The Balaban J connectivity index is 1.44. The van der Waals surface area contributed by atoms with Crippen molar-refractivity contribution in [2.24, 2.45) is 0 Å². The summed E-state index contributed by atoms with van der Waals surface area (Å²) in [4.78, 5) is 20.9. The molecule has 0 aliphatic carbocycles. The van der Waals surface area contributed by atoms with Gasteiger partial charge in [0.15, 0.2) is 0 Å². The lowest BCUT2D eigenvalue weighted by atomic mass is 10.0. The molecule has 4 nitrogen and oxygen atoms in total. The Hall–Kier alpha value is -2.20. The third-order valence-electron chi connectivity index (χ3n) is 4.75. The molecule has 1 aromatic carbocycles. The molecule has 0 N–H and O–H groups in total. The third kappa shape index (κ3) is 4.42. The Labute approximate surface area is 144 Å². The summed E-state index contributed by atoms with van der Waals surface area (Å²) in [7, 11) is 0. The molecule has 2 aromatic rings. The van der Waals surface area contributed by atoms with Gasteiger partial charge in [-0.2, -0.15) is 0 Å². The lowest BCUT2D eigenvalue weighted by Gasteiger charge is -2.34. The highest BCUT2D eigenvalue weighted by Crippen LogP contribution is 2.12. The topological polar surface area (TPSA) is 36.4 Å². The summed E-state index contributed by atoms with van der Waals surface area (Å²) in [5.74, 6) is 0.279. The molecule has 3 rings (SSSR count). The molecule has 1 aromatic heterocycles. The number of nitrogens with zero attached hydrogens (tertiary/aromatic N) is 3. The van der Waals surface area contributed by atoms with Crippen molar-refractivity contribution in [2.75, 3.05) is 26.2 Å². The monoisotopic (exact) mass is 323 g/mol. The molecule has 1 fully saturated rings. The van der Waals surface area contributed by atoms with Crippen molar-refractivity contribution >= 4 is 5.91 Å². The van der Waals surface area contributed by atoms with Crippen LogP contribution in [0.5, 0.6) is 0 Å². The zero-order valence-electron chi connectivity index (χ0n) is 14.3. The summed E-state index contributed by atoms with van der Waals surface area (Å²) >= 11 is 0. The molecule has 0 bridgehead atoms. The van der Waals surface area contributed by atoms with Crippen LogP contribution < -0.4 is 0 Å². The zero-order valence-corrected chi connectivity index (χ0v) is 14.3. The van der Waals surface area contributed by atoms with Crippen molar-refractivity contribution < 1.29 is 4.79 Å². The van der Waals surface area contributed by atoms with Crippen molar-refractivity contribution in [1.29, 1.82) is 0 Å². The first-order valence-electron chi connectivity index (χ1n) is 8.66. The maximum atomic E-state index is 12.4. The second-order valence-electron chi connectivity index (χ2n) is 6.44. The third-order valence-corrected chi connectivity index (χ3v) is 4.75. The molecule has 126 valence electrons. The van der Waals surface area contributed by atoms with Crippen LogP contribution in [0.1, 0.15) is 23.1 Å². The highest BCUT2D eigenvalue weighted by atomic mass is 16.2. The Morgan fingerprint density at radius 2 is 1.75 bits per heavy atom. The number of aryl methyl sites for hydroxylation is 2. The first-order chi connectivity index (χ1) is 11.7. The summed E-state index contributed by atoms with van der Waals surface area (Å²) in [6.45, 7) is 6.59. The van der Waals surface area contributed by atoms with Crippen molar-refractivity contribution in [2.45, 2.75) is 26.3 Å². The normalized spacial score (nSPS) is 15.5. The molecule has 1 aliphatic rings. The fraction of sp³-hybridized carbons (Fsp3) is 0.400.